The molecule has 0 unspecified atom stereocenters. The first-order valence-corrected chi connectivity index (χ1v) is 7.18. The molecule has 1 aliphatic heterocycles. The Bertz CT molecular complexity index is 479. The highest BCUT2D eigenvalue weighted by atomic mass is 35.5. The van der Waals surface area contributed by atoms with Crippen LogP contribution < -0.4 is 5.32 Å². The minimum atomic E-state index is -0.298. The van der Waals surface area contributed by atoms with Gasteiger partial charge in [0.15, 0.2) is 0 Å². The normalized spacial score (nSPS) is 16.1. The number of ether oxygens (including phenoxy) is 1. The summed E-state index contributed by atoms with van der Waals surface area (Å²) in [5, 5.41) is 3.94. The summed E-state index contributed by atoms with van der Waals surface area (Å²) in [5.41, 5.74) is 1.40. The number of esters is 1. The number of hydrogen-bond acceptors (Lipinski definition) is 4. The van der Waals surface area contributed by atoms with Gasteiger partial charge in [-0.05, 0) is 24.6 Å². The standard InChI is InChI=1S/C15H19ClN2O2/c1-2-20-15(19)14(11-18-9-7-17-8-10-18)12-3-5-13(16)6-4-12/h3-6,11,17H,2,7-10H2,1H3. The second-order valence-corrected chi connectivity index (χ2v) is 4.99. The van der Waals surface area contributed by atoms with E-state index in [0.29, 0.717) is 17.2 Å². The molecule has 0 bridgehead atoms. The molecule has 1 aromatic rings. The molecule has 0 spiro atoms. The molecule has 20 heavy (non-hydrogen) atoms. The van der Waals surface area contributed by atoms with Crippen molar-refractivity contribution < 1.29 is 9.53 Å². The maximum Gasteiger partial charge on any atom is 0.340 e. The SMILES string of the molecule is CCOC(=O)C(=CN1CCNCC1)c1ccc(Cl)cc1. The molecule has 1 saturated heterocycles. The highest BCUT2D eigenvalue weighted by Gasteiger charge is 2.16. The monoisotopic (exact) mass is 294 g/mol. The Hall–Kier alpha value is -1.52. The van der Waals surface area contributed by atoms with Crippen molar-refractivity contribution in [3.63, 3.8) is 0 Å². The van der Waals surface area contributed by atoms with E-state index in [1.54, 1.807) is 12.1 Å². The van der Waals surface area contributed by atoms with Crippen LogP contribution in [-0.2, 0) is 9.53 Å². The minimum Gasteiger partial charge on any atom is -0.462 e. The molecule has 0 aromatic heterocycles. The minimum absolute atomic E-state index is 0.298. The van der Waals surface area contributed by atoms with Crippen molar-refractivity contribution in [3.05, 3.63) is 41.1 Å². The molecule has 1 N–H and O–H groups in total. The molecule has 1 fully saturated rings. The second kappa shape index (κ2) is 7.31. The number of nitrogens with zero attached hydrogens (tertiary/aromatic N) is 1. The summed E-state index contributed by atoms with van der Waals surface area (Å²) < 4.78 is 5.15. The zero-order valence-corrected chi connectivity index (χ0v) is 12.3. The van der Waals surface area contributed by atoms with Crippen LogP contribution in [0.3, 0.4) is 0 Å². The highest BCUT2D eigenvalue weighted by Crippen LogP contribution is 2.20. The van der Waals surface area contributed by atoms with E-state index in [4.69, 9.17) is 16.3 Å². The lowest BCUT2D eigenvalue weighted by atomic mass is 10.1. The third-order valence-electron chi connectivity index (χ3n) is 3.11. The van der Waals surface area contributed by atoms with E-state index in [2.05, 4.69) is 10.2 Å². The maximum absolute atomic E-state index is 12.1. The largest absolute Gasteiger partial charge is 0.462 e. The number of benzene rings is 1. The van der Waals surface area contributed by atoms with E-state index in [0.717, 1.165) is 31.7 Å². The van der Waals surface area contributed by atoms with Gasteiger partial charge >= 0.3 is 5.97 Å². The molecule has 0 amide bonds. The molecule has 4 nitrogen and oxygen atoms in total. The molecule has 0 saturated carbocycles. The van der Waals surface area contributed by atoms with E-state index >= 15 is 0 Å². The van der Waals surface area contributed by atoms with Gasteiger partial charge in [0, 0.05) is 37.4 Å². The molecular weight excluding hydrogens is 276 g/mol. The van der Waals surface area contributed by atoms with E-state index in [-0.39, 0.29) is 5.97 Å². The highest BCUT2D eigenvalue weighted by molar-refractivity contribution is 6.30. The van der Waals surface area contributed by atoms with Gasteiger partial charge in [-0.2, -0.15) is 0 Å². The average molecular weight is 295 g/mol. The summed E-state index contributed by atoms with van der Waals surface area (Å²) >= 11 is 5.89. The summed E-state index contributed by atoms with van der Waals surface area (Å²) in [7, 11) is 0. The first kappa shape index (κ1) is 14.9. The van der Waals surface area contributed by atoms with Crippen molar-refractivity contribution in [1.82, 2.24) is 10.2 Å². The number of rotatable bonds is 4. The fourth-order valence-electron chi connectivity index (χ4n) is 2.08. The summed E-state index contributed by atoms with van der Waals surface area (Å²) in [6, 6.07) is 7.24. The first-order chi connectivity index (χ1) is 9.70. The van der Waals surface area contributed by atoms with Gasteiger partial charge in [-0.1, -0.05) is 23.7 Å². The fourth-order valence-corrected chi connectivity index (χ4v) is 2.20. The Balaban J connectivity index is 2.25. The van der Waals surface area contributed by atoms with Gasteiger partial charge in [0.1, 0.15) is 0 Å². The van der Waals surface area contributed by atoms with Crippen LogP contribution in [0, 0.1) is 0 Å². The number of carbonyl (C=O) groups is 1. The third kappa shape index (κ3) is 3.99. The van der Waals surface area contributed by atoms with Crippen molar-refractivity contribution in [2.24, 2.45) is 0 Å². The number of halogens is 1. The van der Waals surface area contributed by atoms with E-state index in [1.165, 1.54) is 0 Å². The van der Waals surface area contributed by atoms with Crippen molar-refractivity contribution in [2.45, 2.75) is 6.92 Å². The molecular formula is C15H19ClN2O2. The number of piperazine rings is 1. The molecule has 108 valence electrons. The van der Waals surface area contributed by atoms with Gasteiger partial charge in [-0.25, -0.2) is 4.79 Å². The van der Waals surface area contributed by atoms with Crippen LogP contribution in [0.2, 0.25) is 5.02 Å². The lowest BCUT2D eigenvalue weighted by Crippen LogP contribution is -2.40. The molecule has 5 heteroatoms. The van der Waals surface area contributed by atoms with Crippen molar-refractivity contribution in [2.75, 3.05) is 32.8 Å². The smallest absolute Gasteiger partial charge is 0.340 e. The van der Waals surface area contributed by atoms with Crippen LogP contribution in [0.5, 0.6) is 0 Å². The molecule has 0 radical (unpaired) electrons. The molecule has 2 rings (SSSR count). The van der Waals surface area contributed by atoms with E-state index in [9.17, 15) is 4.79 Å². The van der Waals surface area contributed by atoms with E-state index < -0.39 is 0 Å². The van der Waals surface area contributed by atoms with Gasteiger partial charge in [-0.3, -0.25) is 0 Å². The molecule has 1 aromatic carbocycles. The Morgan fingerprint density at radius 2 is 2.00 bits per heavy atom. The van der Waals surface area contributed by atoms with E-state index in [1.807, 2.05) is 25.3 Å². The van der Waals surface area contributed by atoms with Gasteiger partial charge in [0.2, 0.25) is 0 Å². The van der Waals surface area contributed by atoms with Gasteiger partial charge in [-0.15, -0.1) is 0 Å². The van der Waals surface area contributed by atoms with Crippen LogP contribution in [0.15, 0.2) is 30.5 Å². The lowest BCUT2D eigenvalue weighted by Gasteiger charge is -2.26. The summed E-state index contributed by atoms with van der Waals surface area (Å²) in [4.78, 5) is 14.3. The Labute approximate surface area is 124 Å². The third-order valence-corrected chi connectivity index (χ3v) is 3.37. The lowest BCUT2D eigenvalue weighted by molar-refractivity contribution is -0.136. The maximum atomic E-state index is 12.1. The van der Waals surface area contributed by atoms with Crippen LogP contribution in [0.1, 0.15) is 12.5 Å². The van der Waals surface area contributed by atoms with Crippen molar-refractivity contribution in [1.29, 1.82) is 0 Å². The summed E-state index contributed by atoms with van der Waals surface area (Å²) in [6.45, 7) is 5.79. The van der Waals surface area contributed by atoms with Gasteiger partial charge < -0.3 is 15.0 Å². The van der Waals surface area contributed by atoms with Gasteiger partial charge in [0.25, 0.3) is 0 Å². The topological polar surface area (TPSA) is 41.6 Å². The number of carbonyl (C=O) groups excluding carboxylic acids is 1. The first-order valence-electron chi connectivity index (χ1n) is 6.80. The van der Waals surface area contributed by atoms with Crippen LogP contribution in [-0.4, -0.2) is 43.7 Å². The zero-order valence-electron chi connectivity index (χ0n) is 11.6. The Morgan fingerprint density at radius 3 is 2.60 bits per heavy atom. The Kier molecular flexibility index (Phi) is 5.44. The second-order valence-electron chi connectivity index (χ2n) is 4.56. The van der Waals surface area contributed by atoms with Crippen LogP contribution >= 0.6 is 11.6 Å². The predicted molar refractivity (Wildman–Crippen MR) is 80.5 cm³/mol. The Morgan fingerprint density at radius 1 is 1.35 bits per heavy atom. The van der Waals surface area contributed by atoms with Crippen LogP contribution in [0.4, 0.5) is 0 Å². The van der Waals surface area contributed by atoms with Gasteiger partial charge in [0.05, 0.1) is 12.2 Å². The average Bonchev–Trinajstić information content (AvgIpc) is 2.47. The number of hydrogen-bond donors (Lipinski definition) is 1. The molecule has 1 heterocycles. The quantitative estimate of drug-likeness (QED) is 0.682. The number of nitrogens with one attached hydrogen (secondary N) is 1. The van der Waals surface area contributed by atoms with Crippen LogP contribution in [0.25, 0.3) is 5.57 Å². The molecule has 1 aliphatic rings. The predicted octanol–water partition coefficient (Wildman–Crippen LogP) is 2.15. The zero-order chi connectivity index (χ0) is 14.4. The molecule has 0 atom stereocenters. The summed E-state index contributed by atoms with van der Waals surface area (Å²) in [6.07, 6.45) is 1.89. The van der Waals surface area contributed by atoms with Crippen molar-refractivity contribution in [3.8, 4) is 0 Å². The van der Waals surface area contributed by atoms with Crippen molar-refractivity contribution >= 4 is 23.1 Å². The molecule has 0 aliphatic carbocycles. The summed E-state index contributed by atoms with van der Waals surface area (Å²) in [5.74, 6) is -0.298. The fraction of sp³-hybridized carbons (Fsp3) is 0.400.